The standard InChI is InChI=1S/C15H12FIN2O2/c16-10-4-3-5-11(8-10)19-14(20)9-18-15(21)12-6-1-2-7-13(12)17/h1-8H,9H2,(H,18,21)(H,19,20). The summed E-state index contributed by atoms with van der Waals surface area (Å²) >= 11 is 2.05. The highest BCUT2D eigenvalue weighted by atomic mass is 127. The van der Waals surface area contributed by atoms with E-state index in [1.165, 1.54) is 18.2 Å². The molecular formula is C15H12FIN2O2. The molecule has 0 aromatic heterocycles. The highest BCUT2D eigenvalue weighted by Crippen LogP contribution is 2.11. The van der Waals surface area contributed by atoms with Gasteiger partial charge in [0.15, 0.2) is 0 Å². The molecule has 0 saturated heterocycles. The van der Waals surface area contributed by atoms with Crippen molar-refractivity contribution < 1.29 is 14.0 Å². The van der Waals surface area contributed by atoms with Crippen molar-refractivity contribution in [3.05, 3.63) is 63.5 Å². The number of anilines is 1. The van der Waals surface area contributed by atoms with Crippen molar-refractivity contribution >= 4 is 40.1 Å². The van der Waals surface area contributed by atoms with E-state index in [0.29, 0.717) is 11.3 Å². The first kappa shape index (κ1) is 15.4. The summed E-state index contributed by atoms with van der Waals surface area (Å²) in [7, 11) is 0. The predicted octanol–water partition coefficient (Wildman–Crippen LogP) is 2.80. The van der Waals surface area contributed by atoms with Crippen molar-refractivity contribution in [2.45, 2.75) is 0 Å². The Morgan fingerprint density at radius 2 is 1.86 bits per heavy atom. The summed E-state index contributed by atoms with van der Waals surface area (Å²) in [6, 6.07) is 12.6. The molecule has 6 heteroatoms. The summed E-state index contributed by atoms with van der Waals surface area (Å²) in [5.41, 5.74) is 0.861. The van der Waals surface area contributed by atoms with Crippen LogP contribution in [0, 0.1) is 9.39 Å². The summed E-state index contributed by atoms with van der Waals surface area (Å²) in [6.45, 7) is -0.180. The van der Waals surface area contributed by atoms with Gasteiger partial charge in [0.25, 0.3) is 5.91 Å². The Hall–Kier alpha value is -1.96. The molecule has 0 fully saturated rings. The van der Waals surface area contributed by atoms with Crippen LogP contribution in [0.5, 0.6) is 0 Å². The van der Waals surface area contributed by atoms with Gasteiger partial charge in [-0.2, -0.15) is 0 Å². The van der Waals surface area contributed by atoms with Crippen LogP contribution in [0.25, 0.3) is 0 Å². The third-order valence-electron chi connectivity index (χ3n) is 2.64. The van der Waals surface area contributed by atoms with Crippen molar-refractivity contribution in [3.8, 4) is 0 Å². The molecule has 0 saturated carbocycles. The molecule has 0 bridgehead atoms. The molecule has 108 valence electrons. The maximum absolute atomic E-state index is 13.0. The van der Waals surface area contributed by atoms with E-state index in [0.717, 1.165) is 3.57 Å². The Labute approximate surface area is 134 Å². The molecule has 0 unspecified atom stereocenters. The number of hydrogen-bond donors (Lipinski definition) is 2. The average Bonchev–Trinajstić information content (AvgIpc) is 2.45. The van der Waals surface area contributed by atoms with Crippen LogP contribution < -0.4 is 10.6 Å². The van der Waals surface area contributed by atoms with Crippen LogP contribution in [0.2, 0.25) is 0 Å². The number of carbonyl (C=O) groups is 2. The topological polar surface area (TPSA) is 58.2 Å². The fourth-order valence-corrected chi connectivity index (χ4v) is 2.30. The van der Waals surface area contributed by atoms with Crippen molar-refractivity contribution in [2.75, 3.05) is 11.9 Å². The van der Waals surface area contributed by atoms with Gasteiger partial charge in [-0.3, -0.25) is 9.59 Å². The van der Waals surface area contributed by atoms with Crippen LogP contribution in [0.3, 0.4) is 0 Å². The molecule has 0 spiro atoms. The highest BCUT2D eigenvalue weighted by molar-refractivity contribution is 14.1. The maximum Gasteiger partial charge on any atom is 0.252 e. The van der Waals surface area contributed by atoms with Gasteiger partial charge < -0.3 is 10.6 Å². The predicted molar refractivity (Wildman–Crippen MR) is 86.5 cm³/mol. The number of rotatable bonds is 4. The fraction of sp³-hybridized carbons (Fsp3) is 0.0667. The zero-order valence-electron chi connectivity index (χ0n) is 10.9. The van der Waals surface area contributed by atoms with Crippen LogP contribution in [0.4, 0.5) is 10.1 Å². The molecule has 0 aliphatic heterocycles. The van der Waals surface area contributed by atoms with Gasteiger partial charge in [0.1, 0.15) is 5.82 Å². The van der Waals surface area contributed by atoms with Crippen molar-refractivity contribution in [2.24, 2.45) is 0 Å². The molecule has 2 amide bonds. The maximum atomic E-state index is 13.0. The largest absolute Gasteiger partial charge is 0.343 e. The summed E-state index contributed by atoms with van der Waals surface area (Å²) in [6.07, 6.45) is 0. The van der Waals surface area contributed by atoms with E-state index >= 15 is 0 Å². The van der Waals surface area contributed by atoms with Crippen molar-refractivity contribution in [3.63, 3.8) is 0 Å². The zero-order chi connectivity index (χ0) is 15.2. The normalized spacial score (nSPS) is 10.0. The summed E-state index contributed by atoms with van der Waals surface area (Å²) in [5, 5.41) is 5.03. The number of amides is 2. The second kappa shape index (κ2) is 7.16. The number of carbonyl (C=O) groups excluding carboxylic acids is 2. The zero-order valence-corrected chi connectivity index (χ0v) is 13.1. The van der Waals surface area contributed by atoms with E-state index in [-0.39, 0.29) is 12.5 Å². The van der Waals surface area contributed by atoms with E-state index in [1.54, 1.807) is 18.2 Å². The SMILES string of the molecule is O=C(CNC(=O)c1ccccc1I)Nc1cccc(F)c1. The molecule has 0 atom stereocenters. The van der Waals surface area contributed by atoms with Crippen LogP contribution >= 0.6 is 22.6 Å². The first-order valence-electron chi connectivity index (χ1n) is 6.14. The Balaban J connectivity index is 1.90. The molecule has 2 aromatic rings. The Morgan fingerprint density at radius 3 is 2.57 bits per heavy atom. The molecule has 21 heavy (non-hydrogen) atoms. The minimum absolute atomic E-state index is 0.180. The number of halogens is 2. The smallest absolute Gasteiger partial charge is 0.252 e. The van der Waals surface area contributed by atoms with Gasteiger partial charge in [0, 0.05) is 9.26 Å². The fourth-order valence-electron chi connectivity index (χ4n) is 1.67. The minimum Gasteiger partial charge on any atom is -0.343 e. The quantitative estimate of drug-likeness (QED) is 0.779. The molecule has 4 nitrogen and oxygen atoms in total. The van der Waals surface area contributed by atoms with Crippen LogP contribution in [0.15, 0.2) is 48.5 Å². The van der Waals surface area contributed by atoms with E-state index in [1.807, 2.05) is 12.1 Å². The first-order chi connectivity index (χ1) is 10.1. The molecule has 0 heterocycles. The highest BCUT2D eigenvalue weighted by Gasteiger charge is 2.10. The second-order valence-electron chi connectivity index (χ2n) is 4.22. The third-order valence-corrected chi connectivity index (χ3v) is 3.58. The van der Waals surface area contributed by atoms with Gasteiger partial charge in [0.2, 0.25) is 5.91 Å². The van der Waals surface area contributed by atoms with E-state index in [2.05, 4.69) is 33.2 Å². The monoisotopic (exact) mass is 398 g/mol. The van der Waals surface area contributed by atoms with Crippen molar-refractivity contribution in [1.29, 1.82) is 0 Å². The second-order valence-corrected chi connectivity index (χ2v) is 5.38. The lowest BCUT2D eigenvalue weighted by Gasteiger charge is -2.08. The van der Waals surface area contributed by atoms with Crippen LogP contribution in [-0.2, 0) is 4.79 Å². The lowest BCUT2D eigenvalue weighted by Crippen LogP contribution is -2.33. The van der Waals surface area contributed by atoms with Crippen LogP contribution in [-0.4, -0.2) is 18.4 Å². The van der Waals surface area contributed by atoms with Gasteiger partial charge in [0.05, 0.1) is 12.1 Å². The van der Waals surface area contributed by atoms with Gasteiger partial charge in [-0.05, 0) is 52.9 Å². The molecule has 2 aromatic carbocycles. The average molecular weight is 398 g/mol. The lowest BCUT2D eigenvalue weighted by molar-refractivity contribution is -0.115. The summed E-state index contributed by atoms with van der Waals surface area (Å²) in [4.78, 5) is 23.6. The molecule has 2 rings (SSSR count). The van der Waals surface area contributed by atoms with Crippen molar-refractivity contribution in [1.82, 2.24) is 5.32 Å². The molecule has 0 aliphatic carbocycles. The van der Waals surface area contributed by atoms with E-state index < -0.39 is 11.7 Å². The first-order valence-corrected chi connectivity index (χ1v) is 7.22. The minimum atomic E-state index is -0.435. The Bertz CT molecular complexity index is 676. The van der Waals surface area contributed by atoms with E-state index in [4.69, 9.17) is 0 Å². The molecular weight excluding hydrogens is 386 g/mol. The molecule has 2 N–H and O–H groups in total. The third kappa shape index (κ3) is 4.52. The molecule has 0 aliphatic rings. The number of hydrogen-bond acceptors (Lipinski definition) is 2. The number of nitrogens with one attached hydrogen (secondary N) is 2. The lowest BCUT2D eigenvalue weighted by atomic mass is 10.2. The Morgan fingerprint density at radius 1 is 1.10 bits per heavy atom. The molecule has 0 radical (unpaired) electrons. The van der Waals surface area contributed by atoms with Gasteiger partial charge in [-0.15, -0.1) is 0 Å². The van der Waals surface area contributed by atoms with Gasteiger partial charge in [-0.25, -0.2) is 4.39 Å². The summed E-state index contributed by atoms with van der Waals surface area (Å²) < 4.78 is 13.8. The van der Waals surface area contributed by atoms with Crippen LogP contribution in [0.1, 0.15) is 10.4 Å². The van der Waals surface area contributed by atoms with Gasteiger partial charge in [-0.1, -0.05) is 18.2 Å². The summed E-state index contributed by atoms with van der Waals surface area (Å²) in [5.74, 6) is -1.18. The number of benzene rings is 2. The van der Waals surface area contributed by atoms with Gasteiger partial charge >= 0.3 is 0 Å². The Kier molecular flexibility index (Phi) is 5.26. The van der Waals surface area contributed by atoms with E-state index in [9.17, 15) is 14.0 Å².